The van der Waals surface area contributed by atoms with E-state index in [1.807, 2.05) is 72.6 Å². The lowest BCUT2D eigenvalue weighted by molar-refractivity contribution is 0.388. The van der Waals surface area contributed by atoms with Crippen molar-refractivity contribution in [2.24, 2.45) is 9.98 Å². The predicted octanol–water partition coefficient (Wildman–Crippen LogP) is 3.67. The molecule has 2 aromatic rings. The van der Waals surface area contributed by atoms with Crippen LogP contribution >= 0.6 is 11.6 Å². The van der Waals surface area contributed by atoms with Crippen LogP contribution in [-0.2, 0) is 0 Å². The number of aliphatic imine (C=N–C) groups is 2. The zero-order valence-corrected chi connectivity index (χ0v) is 11.8. The summed E-state index contributed by atoms with van der Waals surface area (Å²) in [5, 5.41) is 0.452. The van der Waals surface area contributed by atoms with Crippen LogP contribution in [0.15, 0.2) is 70.6 Å². The third-order valence-corrected chi connectivity index (χ3v) is 3.58. The quantitative estimate of drug-likeness (QED) is 0.773. The first-order chi connectivity index (χ1) is 9.75. The van der Waals surface area contributed by atoms with Gasteiger partial charge in [-0.2, -0.15) is 4.99 Å². The Bertz CT molecular complexity index is 650. The van der Waals surface area contributed by atoms with Gasteiger partial charge in [-0.1, -0.05) is 60.7 Å². The van der Waals surface area contributed by atoms with E-state index in [0.29, 0.717) is 11.1 Å². The maximum Gasteiger partial charge on any atom is 0.202 e. The minimum atomic E-state index is -0.142. The van der Waals surface area contributed by atoms with Crippen molar-refractivity contribution in [1.82, 2.24) is 4.90 Å². The van der Waals surface area contributed by atoms with Crippen LogP contribution in [0.5, 0.6) is 0 Å². The van der Waals surface area contributed by atoms with Crippen molar-refractivity contribution in [3.8, 4) is 0 Å². The summed E-state index contributed by atoms with van der Waals surface area (Å²) in [5.41, 5.74) is 2.07. The second-order valence-corrected chi connectivity index (χ2v) is 4.93. The highest BCUT2D eigenvalue weighted by molar-refractivity contribution is 6.65. The fraction of sp³-hybridized carbons (Fsp3) is 0.125. The van der Waals surface area contributed by atoms with Crippen LogP contribution < -0.4 is 0 Å². The van der Waals surface area contributed by atoms with Crippen LogP contribution in [0.4, 0.5) is 0 Å². The van der Waals surface area contributed by atoms with E-state index in [0.717, 1.165) is 11.1 Å². The zero-order valence-electron chi connectivity index (χ0n) is 11.1. The molecule has 0 saturated heterocycles. The third-order valence-electron chi connectivity index (χ3n) is 3.23. The van der Waals surface area contributed by atoms with E-state index >= 15 is 0 Å². The molecule has 3 rings (SSSR count). The summed E-state index contributed by atoms with van der Waals surface area (Å²) in [6, 6.07) is 20.0. The van der Waals surface area contributed by atoms with Gasteiger partial charge < -0.3 is 4.90 Å². The topological polar surface area (TPSA) is 28.0 Å². The molecule has 0 amide bonds. The van der Waals surface area contributed by atoms with Crippen molar-refractivity contribution >= 4 is 22.7 Å². The number of hydrogen-bond donors (Lipinski definition) is 0. The first kappa shape index (κ1) is 12.9. The largest absolute Gasteiger partial charge is 0.324 e. The fourth-order valence-corrected chi connectivity index (χ4v) is 2.32. The monoisotopic (exact) mass is 283 g/mol. The zero-order chi connectivity index (χ0) is 13.9. The predicted molar refractivity (Wildman–Crippen MR) is 83.2 cm³/mol. The molecule has 0 spiro atoms. The Morgan fingerprint density at radius 3 is 2.20 bits per heavy atom. The summed E-state index contributed by atoms with van der Waals surface area (Å²) in [7, 11) is 1.90. The van der Waals surface area contributed by atoms with Crippen molar-refractivity contribution in [1.29, 1.82) is 0 Å². The lowest BCUT2D eigenvalue weighted by Gasteiger charge is -2.29. The molecule has 1 atom stereocenters. The molecule has 0 saturated carbocycles. The Morgan fingerprint density at radius 1 is 0.950 bits per heavy atom. The molecule has 0 aliphatic carbocycles. The van der Waals surface area contributed by atoms with E-state index < -0.39 is 0 Å². The molecular weight excluding hydrogens is 270 g/mol. The van der Waals surface area contributed by atoms with Crippen molar-refractivity contribution in [3.63, 3.8) is 0 Å². The second kappa shape index (κ2) is 5.47. The van der Waals surface area contributed by atoms with Crippen LogP contribution in [0.1, 0.15) is 17.3 Å². The summed E-state index contributed by atoms with van der Waals surface area (Å²) in [6.45, 7) is 0. The van der Waals surface area contributed by atoms with Crippen LogP contribution in [0, 0.1) is 0 Å². The number of halogens is 1. The van der Waals surface area contributed by atoms with Crippen LogP contribution in [-0.4, -0.2) is 23.1 Å². The van der Waals surface area contributed by atoms with E-state index in [1.165, 1.54) is 0 Å². The Kier molecular flexibility index (Phi) is 3.52. The average Bonchev–Trinajstić information content (AvgIpc) is 2.51. The molecule has 0 aromatic heterocycles. The molecule has 2 aromatic carbocycles. The lowest BCUT2D eigenvalue weighted by atomic mass is 10.1. The highest BCUT2D eigenvalue weighted by Crippen LogP contribution is 2.26. The van der Waals surface area contributed by atoms with E-state index in [-0.39, 0.29) is 6.17 Å². The minimum Gasteiger partial charge on any atom is -0.324 e. The Hall–Kier alpha value is -2.13. The number of rotatable bonds is 2. The highest BCUT2D eigenvalue weighted by Gasteiger charge is 2.24. The second-order valence-electron chi connectivity index (χ2n) is 4.59. The summed E-state index contributed by atoms with van der Waals surface area (Å²) < 4.78 is 0. The summed E-state index contributed by atoms with van der Waals surface area (Å²) >= 11 is 6.25. The van der Waals surface area contributed by atoms with Gasteiger partial charge in [0, 0.05) is 12.6 Å². The summed E-state index contributed by atoms with van der Waals surface area (Å²) in [6.07, 6.45) is -0.142. The third kappa shape index (κ3) is 2.45. The first-order valence-corrected chi connectivity index (χ1v) is 6.79. The number of amidine groups is 2. The lowest BCUT2D eigenvalue weighted by Crippen LogP contribution is -2.31. The fourth-order valence-electron chi connectivity index (χ4n) is 2.15. The van der Waals surface area contributed by atoms with Gasteiger partial charge in [0.05, 0.1) is 0 Å². The molecule has 0 N–H and O–H groups in total. The first-order valence-electron chi connectivity index (χ1n) is 6.41. The van der Waals surface area contributed by atoms with Crippen molar-refractivity contribution in [2.45, 2.75) is 6.17 Å². The van der Waals surface area contributed by atoms with Crippen molar-refractivity contribution in [3.05, 3.63) is 71.8 Å². The molecule has 1 aliphatic rings. The Morgan fingerprint density at radius 2 is 1.55 bits per heavy atom. The Balaban J connectivity index is 2.03. The minimum absolute atomic E-state index is 0.142. The smallest absolute Gasteiger partial charge is 0.202 e. The Labute approximate surface area is 123 Å². The van der Waals surface area contributed by atoms with Crippen molar-refractivity contribution < 1.29 is 0 Å². The maximum absolute atomic E-state index is 6.25. The molecule has 0 radical (unpaired) electrons. The standard InChI is InChI=1S/C16H14ClN3/c1-20-15(13-10-6-3-7-11-13)18-14(19-16(20)17)12-8-4-2-5-9-12/h2-11,15H,1H3. The molecule has 100 valence electrons. The molecular formula is C16H14ClN3. The van der Waals surface area contributed by atoms with Gasteiger partial charge in [-0.3, -0.25) is 0 Å². The SMILES string of the molecule is CN1C(Cl)=NC(c2ccccc2)=NC1c1ccccc1. The molecule has 3 nitrogen and oxygen atoms in total. The summed E-state index contributed by atoms with van der Waals surface area (Å²) in [4.78, 5) is 11.0. The maximum atomic E-state index is 6.25. The molecule has 1 aliphatic heterocycles. The highest BCUT2D eigenvalue weighted by atomic mass is 35.5. The van der Waals surface area contributed by atoms with E-state index in [1.54, 1.807) is 0 Å². The molecule has 20 heavy (non-hydrogen) atoms. The van der Waals surface area contributed by atoms with Gasteiger partial charge in [0.2, 0.25) is 5.29 Å². The number of benzene rings is 2. The van der Waals surface area contributed by atoms with Crippen LogP contribution in [0.2, 0.25) is 0 Å². The van der Waals surface area contributed by atoms with Crippen molar-refractivity contribution in [2.75, 3.05) is 7.05 Å². The molecule has 1 unspecified atom stereocenters. The molecule has 1 heterocycles. The average molecular weight is 284 g/mol. The van der Waals surface area contributed by atoms with E-state index in [9.17, 15) is 0 Å². The molecule has 4 heteroatoms. The van der Waals surface area contributed by atoms with Gasteiger partial charge in [-0.05, 0) is 17.2 Å². The number of nitrogens with zero attached hydrogens (tertiary/aromatic N) is 3. The van der Waals surface area contributed by atoms with Gasteiger partial charge in [0.15, 0.2) is 12.0 Å². The molecule has 0 bridgehead atoms. The van der Waals surface area contributed by atoms with E-state index in [4.69, 9.17) is 16.6 Å². The van der Waals surface area contributed by atoms with Gasteiger partial charge in [-0.25, -0.2) is 4.99 Å². The van der Waals surface area contributed by atoms with Crippen LogP contribution in [0.25, 0.3) is 0 Å². The summed E-state index contributed by atoms with van der Waals surface area (Å²) in [5.74, 6) is 0.669. The van der Waals surface area contributed by atoms with E-state index in [2.05, 4.69) is 4.99 Å². The van der Waals surface area contributed by atoms with Gasteiger partial charge in [-0.15, -0.1) is 0 Å². The van der Waals surface area contributed by atoms with Gasteiger partial charge >= 0.3 is 0 Å². The van der Waals surface area contributed by atoms with Gasteiger partial charge in [0.25, 0.3) is 0 Å². The normalized spacial score (nSPS) is 18.5. The van der Waals surface area contributed by atoms with Crippen LogP contribution in [0.3, 0.4) is 0 Å². The van der Waals surface area contributed by atoms with Gasteiger partial charge in [0.1, 0.15) is 0 Å². The number of hydrogen-bond acceptors (Lipinski definition) is 3. The molecule has 0 fully saturated rings.